The van der Waals surface area contributed by atoms with E-state index < -0.39 is 0 Å². The highest BCUT2D eigenvalue weighted by Crippen LogP contribution is 2.09. The van der Waals surface area contributed by atoms with Crippen molar-refractivity contribution in [3.63, 3.8) is 0 Å². The molecule has 2 heteroatoms. The standard InChI is InChI=1S/C6H7BrO.C2H6/c1-3-4-6(8)5(2)7;1-2/h3-4,8H,1-2H2;1-2H3/b6-4+;. The van der Waals surface area contributed by atoms with E-state index in [4.69, 9.17) is 5.11 Å². The second-order valence-corrected chi connectivity index (χ2v) is 2.15. The minimum absolute atomic E-state index is 0.111. The van der Waals surface area contributed by atoms with E-state index in [1.54, 1.807) is 0 Å². The Labute approximate surface area is 70.9 Å². The lowest BCUT2D eigenvalue weighted by Gasteiger charge is -1.89. The number of allylic oxidation sites excluding steroid dienone is 3. The van der Waals surface area contributed by atoms with Crippen molar-refractivity contribution in [1.29, 1.82) is 0 Å². The summed E-state index contributed by atoms with van der Waals surface area (Å²) in [6.45, 7) is 10.8. The summed E-state index contributed by atoms with van der Waals surface area (Å²) >= 11 is 2.98. The van der Waals surface area contributed by atoms with Crippen LogP contribution in [-0.4, -0.2) is 5.11 Å². The van der Waals surface area contributed by atoms with Gasteiger partial charge in [-0.3, -0.25) is 0 Å². The highest BCUT2D eigenvalue weighted by Gasteiger charge is 1.88. The fourth-order valence-corrected chi connectivity index (χ4v) is 0.334. The van der Waals surface area contributed by atoms with Crippen molar-refractivity contribution in [3.05, 3.63) is 35.6 Å². The molecule has 0 heterocycles. The summed E-state index contributed by atoms with van der Waals surface area (Å²) in [6, 6.07) is 0. The van der Waals surface area contributed by atoms with Crippen LogP contribution in [0.2, 0.25) is 0 Å². The van der Waals surface area contributed by atoms with Gasteiger partial charge >= 0.3 is 0 Å². The quantitative estimate of drug-likeness (QED) is 0.539. The summed E-state index contributed by atoms with van der Waals surface area (Å²) in [5.74, 6) is 0.111. The van der Waals surface area contributed by atoms with Gasteiger partial charge in [0.05, 0.1) is 4.48 Å². The van der Waals surface area contributed by atoms with Gasteiger partial charge in [0.2, 0.25) is 0 Å². The maximum absolute atomic E-state index is 8.77. The molecule has 10 heavy (non-hydrogen) atoms. The van der Waals surface area contributed by atoms with Gasteiger partial charge in [0.1, 0.15) is 5.76 Å². The molecule has 0 saturated carbocycles. The summed E-state index contributed by atoms with van der Waals surface area (Å²) in [6.07, 6.45) is 2.94. The first kappa shape index (κ1) is 12.2. The molecule has 0 amide bonds. The molecule has 1 N–H and O–H groups in total. The molecule has 0 radical (unpaired) electrons. The van der Waals surface area contributed by atoms with Crippen LogP contribution in [0.3, 0.4) is 0 Å². The van der Waals surface area contributed by atoms with E-state index in [-0.39, 0.29) is 5.76 Å². The molecule has 0 aliphatic rings. The van der Waals surface area contributed by atoms with E-state index in [0.717, 1.165) is 0 Å². The van der Waals surface area contributed by atoms with Crippen molar-refractivity contribution in [2.45, 2.75) is 13.8 Å². The number of aliphatic hydroxyl groups excluding tert-OH is 1. The minimum atomic E-state index is 0.111. The Hall–Kier alpha value is -0.500. The summed E-state index contributed by atoms with van der Waals surface area (Å²) in [5.41, 5.74) is 0. The van der Waals surface area contributed by atoms with Gasteiger partial charge in [0, 0.05) is 0 Å². The molecule has 0 aromatic rings. The molecular weight excluding hydrogens is 192 g/mol. The Balaban J connectivity index is 0. The van der Waals surface area contributed by atoms with E-state index >= 15 is 0 Å². The van der Waals surface area contributed by atoms with Crippen molar-refractivity contribution < 1.29 is 5.11 Å². The van der Waals surface area contributed by atoms with Crippen LogP contribution in [0.1, 0.15) is 13.8 Å². The summed E-state index contributed by atoms with van der Waals surface area (Å²) in [7, 11) is 0. The van der Waals surface area contributed by atoms with E-state index in [0.29, 0.717) is 4.48 Å². The zero-order valence-corrected chi connectivity index (χ0v) is 7.98. The predicted octanol–water partition coefficient (Wildman–Crippen LogP) is 3.55. The predicted molar refractivity (Wildman–Crippen MR) is 50.3 cm³/mol. The van der Waals surface area contributed by atoms with Gasteiger partial charge in [-0.05, 0) is 22.0 Å². The maximum Gasteiger partial charge on any atom is 0.129 e. The molecule has 0 spiro atoms. The zero-order chi connectivity index (χ0) is 8.57. The van der Waals surface area contributed by atoms with E-state index in [1.165, 1.54) is 12.2 Å². The molecule has 58 valence electrons. The number of hydrogen-bond acceptors (Lipinski definition) is 1. The largest absolute Gasteiger partial charge is 0.507 e. The van der Waals surface area contributed by atoms with Crippen molar-refractivity contribution in [3.8, 4) is 0 Å². The molecular formula is C8H13BrO. The van der Waals surface area contributed by atoms with Crippen LogP contribution in [0.5, 0.6) is 0 Å². The first-order chi connectivity index (χ1) is 4.68. The highest BCUT2D eigenvalue weighted by molar-refractivity contribution is 9.11. The topological polar surface area (TPSA) is 20.2 Å². The van der Waals surface area contributed by atoms with Crippen molar-refractivity contribution in [1.82, 2.24) is 0 Å². The lowest BCUT2D eigenvalue weighted by molar-refractivity contribution is 0.431. The van der Waals surface area contributed by atoms with Crippen LogP contribution in [0, 0.1) is 0 Å². The van der Waals surface area contributed by atoms with Crippen LogP contribution in [-0.2, 0) is 0 Å². The molecule has 0 fully saturated rings. The molecule has 0 rings (SSSR count). The Morgan fingerprint density at radius 1 is 1.50 bits per heavy atom. The third kappa shape index (κ3) is 7.50. The summed E-state index contributed by atoms with van der Waals surface area (Å²) < 4.78 is 0.470. The number of halogens is 1. The summed E-state index contributed by atoms with van der Waals surface area (Å²) in [5, 5.41) is 8.77. The average Bonchev–Trinajstić information content (AvgIpc) is 1.93. The van der Waals surface area contributed by atoms with Crippen LogP contribution in [0.4, 0.5) is 0 Å². The maximum atomic E-state index is 8.77. The molecule has 0 aromatic heterocycles. The second kappa shape index (κ2) is 8.50. The number of hydrogen-bond donors (Lipinski definition) is 1. The van der Waals surface area contributed by atoms with Gasteiger partial charge < -0.3 is 5.11 Å². The van der Waals surface area contributed by atoms with Gasteiger partial charge in [-0.25, -0.2) is 0 Å². The Morgan fingerprint density at radius 2 is 1.90 bits per heavy atom. The van der Waals surface area contributed by atoms with Crippen molar-refractivity contribution in [2.24, 2.45) is 0 Å². The lowest BCUT2D eigenvalue weighted by atomic mass is 10.4. The Kier molecular flexibility index (Phi) is 10.4. The van der Waals surface area contributed by atoms with Gasteiger partial charge in [-0.1, -0.05) is 33.1 Å². The van der Waals surface area contributed by atoms with Gasteiger partial charge in [0.25, 0.3) is 0 Å². The van der Waals surface area contributed by atoms with Crippen molar-refractivity contribution in [2.75, 3.05) is 0 Å². The molecule has 1 nitrogen and oxygen atoms in total. The van der Waals surface area contributed by atoms with E-state index in [9.17, 15) is 0 Å². The molecule has 0 unspecified atom stereocenters. The third-order valence-corrected chi connectivity index (χ3v) is 0.960. The van der Waals surface area contributed by atoms with Crippen molar-refractivity contribution >= 4 is 15.9 Å². The van der Waals surface area contributed by atoms with Gasteiger partial charge in [0.15, 0.2) is 0 Å². The SMILES string of the molecule is C=C/C=C(/O)C(=C)Br.CC. The lowest BCUT2D eigenvalue weighted by Crippen LogP contribution is -1.73. The molecule has 0 atom stereocenters. The van der Waals surface area contributed by atoms with Gasteiger partial charge in [-0.15, -0.1) is 0 Å². The second-order valence-electron chi connectivity index (χ2n) is 1.19. The summed E-state index contributed by atoms with van der Waals surface area (Å²) in [4.78, 5) is 0. The average molecular weight is 205 g/mol. The molecule has 0 aliphatic carbocycles. The van der Waals surface area contributed by atoms with Crippen LogP contribution < -0.4 is 0 Å². The van der Waals surface area contributed by atoms with E-state index in [1.807, 2.05) is 13.8 Å². The monoisotopic (exact) mass is 204 g/mol. The minimum Gasteiger partial charge on any atom is -0.507 e. The third-order valence-electron chi connectivity index (χ3n) is 0.554. The number of rotatable bonds is 2. The molecule has 0 saturated heterocycles. The Morgan fingerprint density at radius 3 is 2.00 bits per heavy atom. The normalized spacial score (nSPS) is 9.30. The highest BCUT2D eigenvalue weighted by atomic mass is 79.9. The Bertz CT molecular complexity index is 136. The van der Waals surface area contributed by atoms with Crippen LogP contribution in [0.25, 0.3) is 0 Å². The smallest absolute Gasteiger partial charge is 0.129 e. The first-order valence-electron chi connectivity index (χ1n) is 3.05. The fourth-order valence-electron chi connectivity index (χ4n) is 0.202. The molecule has 0 aliphatic heterocycles. The fraction of sp³-hybridized carbons (Fsp3) is 0.250. The van der Waals surface area contributed by atoms with Crippen LogP contribution in [0.15, 0.2) is 35.6 Å². The zero-order valence-electron chi connectivity index (χ0n) is 6.39. The molecule has 0 aromatic carbocycles. The van der Waals surface area contributed by atoms with Gasteiger partial charge in [-0.2, -0.15) is 0 Å². The number of aliphatic hydroxyl groups is 1. The van der Waals surface area contributed by atoms with E-state index in [2.05, 4.69) is 29.1 Å². The van der Waals surface area contributed by atoms with Crippen LogP contribution >= 0.6 is 15.9 Å². The molecule has 0 bridgehead atoms. The first-order valence-corrected chi connectivity index (χ1v) is 3.84.